The molecule has 0 spiro atoms. The first-order valence-corrected chi connectivity index (χ1v) is 6.78. The molecule has 1 aliphatic rings. The van der Waals surface area contributed by atoms with E-state index in [9.17, 15) is 20.6 Å². The van der Waals surface area contributed by atoms with Gasteiger partial charge in [-0.2, -0.15) is 5.26 Å². The van der Waals surface area contributed by atoms with Gasteiger partial charge in [0.25, 0.3) is 0 Å². The molecule has 0 radical (unpaired) electrons. The Morgan fingerprint density at radius 2 is 2.26 bits per heavy atom. The van der Waals surface area contributed by atoms with Gasteiger partial charge in [-0.05, 0) is 6.92 Å². The summed E-state index contributed by atoms with van der Waals surface area (Å²) in [4.78, 5) is 7.89. The normalized spacial score (nSPS) is 30.5. The van der Waals surface area contributed by atoms with Crippen molar-refractivity contribution in [3.8, 4) is 6.07 Å². The van der Waals surface area contributed by atoms with Crippen molar-refractivity contribution in [2.45, 2.75) is 31.0 Å². The first kappa shape index (κ1) is 15.6. The fraction of sp³-hybridized carbons (Fsp3) is 0.462. The fourth-order valence-electron chi connectivity index (χ4n) is 2.82. The SMILES string of the molecule is C[C@@]1(O)[C@H](O)[C@@H](CO)O[C@H]1n1cc(C#N)c2c(NO)ncnc21. The van der Waals surface area contributed by atoms with Gasteiger partial charge in [-0.1, -0.05) is 0 Å². The number of rotatable bonds is 3. The van der Waals surface area contributed by atoms with Crippen LogP contribution in [0.1, 0.15) is 18.7 Å². The number of nitriles is 1. The van der Waals surface area contributed by atoms with E-state index in [0.29, 0.717) is 0 Å². The van der Waals surface area contributed by atoms with Crippen LogP contribution in [-0.2, 0) is 4.74 Å². The number of aliphatic hydroxyl groups excluding tert-OH is 2. The van der Waals surface area contributed by atoms with Crippen molar-refractivity contribution in [3.63, 3.8) is 0 Å². The highest BCUT2D eigenvalue weighted by Gasteiger charge is 2.53. The number of nitrogens with zero attached hydrogens (tertiary/aromatic N) is 4. The molecule has 4 atom stereocenters. The second kappa shape index (κ2) is 5.41. The Hall–Kier alpha value is -2.29. The van der Waals surface area contributed by atoms with Gasteiger partial charge in [-0.3, -0.25) is 10.7 Å². The van der Waals surface area contributed by atoms with Gasteiger partial charge >= 0.3 is 0 Å². The van der Waals surface area contributed by atoms with Gasteiger partial charge in [-0.15, -0.1) is 0 Å². The van der Waals surface area contributed by atoms with E-state index in [1.54, 1.807) is 0 Å². The van der Waals surface area contributed by atoms with Crippen LogP contribution in [0.3, 0.4) is 0 Å². The van der Waals surface area contributed by atoms with E-state index in [2.05, 4.69) is 9.97 Å². The minimum atomic E-state index is -1.72. The molecular formula is C13H15N5O5. The smallest absolute Gasteiger partial charge is 0.167 e. The molecule has 3 rings (SSSR count). The monoisotopic (exact) mass is 321 g/mol. The summed E-state index contributed by atoms with van der Waals surface area (Å²) in [5.74, 6) is 0.0298. The lowest BCUT2D eigenvalue weighted by Gasteiger charge is -2.27. The van der Waals surface area contributed by atoms with Crippen LogP contribution in [-0.4, -0.2) is 59.5 Å². The average molecular weight is 321 g/mol. The van der Waals surface area contributed by atoms with Crippen LogP contribution in [0.2, 0.25) is 0 Å². The maximum atomic E-state index is 10.5. The average Bonchev–Trinajstić information content (AvgIpc) is 3.03. The van der Waals surface area contributed by atoms with Crippen LogP contribution >= 0.6 is 0 Å². The Morgan fingerprint density at radius 1 is 1.52 bits per heavy atom. The predicted octanol–water partition coefficient (Wildman–Crippen LogP) is -0.894. The lowest BCUT2D eigenvalue weighted by atomic mass is 9.96. The minimum absolute atomic E-state index is 0.0298. The van der Waals surface area contributed by atoms with E-state index in [1.807, 2.05) is 11.5 Å². The molecule has 23 heavy (non-hydrogen) atoms. The maximum absolute atomic E-state index is 10.5. The van der Waals surface area contributed by atoms with Crippen LogP contribution in [0.5, 0.6) is 0 Å². The molecule has 0 amide bonds. The third-order valence-corrected chi connectivity index (χ3v) is 4.02. The molecule has 10 heteroatoms. The van der Waals surface area contributed by atoms with Crippen molar-refractivity contribution in [1.82, 2.24) is 14.5 Å². The van der Waals surface area contributed by atoms with Crippen LogP contribution < -0.4 is 5.48 Å². The first-order valence-electron chi connectivity index (χ1n) is 6.78. The summed E-state index contributed by atoms with van der Waals surface area (Å²) in [6.45, 7) is 0.888. The van der Waals surface area contributed by atoms with E-state index in [0.717, 1.165) is 0 Å². The molecule has 0 saturated carbocycles. The fourth-order valence-corrected chi connectivity index (χ4v) is 2.82. The molecule has 1 aliphatic heterocycles. The summed E-state index contributed by atoms with van der Waals surface area (Å²) in [6, 6.07) is 1.95. The second-order valence-electron chi connectivity index (χ2n) is 5.47. The molecule has 1 fully saturated rings. The molecule has 0 aromatic carbocycles. The second-order valence-corrected chi connectivity index (χ2v) is 5.47. The highest BCUT2D eigenvalue weighted by atomic mass is 16.6. The highest BCUT2D eigenvalue weighted by molar-refractivity contribution is 5.92. The lowest BCUT2D eigenvalue weighted by Crippen LogP contribution is -2.44. The number of nitrogens with one attached hydrogen (secondary N) is 1. The van der Waals surface area contributed by atoms with Gasteiger partial charge < -0.3 is 24.6 Å². The van der Waals surface area contributed by atoms with Crippen molar-refractivity contribution >= 4 is 16.9 Å². The Bertz CT molecular complexity index is 783. The molecule has 5 N–H and O–H groups in total. The van der Waals surface area contributed by atoms with Gasteiger partial charge in [0.15, 0.2) is 12.0 Å². The maximum Gasteiger partial charge on any atom is 0.167 e. The molecule has 2 aromatic rings. The van der Waals surface area contributed by atoms with Gasteiger partial charge in [-0.25, -0.2) is 9.97 Å². The van der Waals surface area contributed by atoms with E-state index >= 15 is 0 Å². The summed E-state index contributed by atoms with van der Waals surface area (Å²) in [6.07, 6.45) is -0.831. The van der Waals surface area contributed by atoms with Gasteiger partial charge in [0.1, 0.15) is 35.9 Å². The topological polar surface area (TPSA) is 157 Å². The van der Waals surface area contributed by atoms with E-state index in [-0.39, 0.29) is 22.4 Å². The molecule has 3 heterocycles. The molecule has 0 aliphatic carbocycles. The molecular weight excluding hydrogens is 306 g/mol. The zero-order valence-electron chi connectivity index (χ0n) is 12.1. The van der Waals surface area contributed by atoms with Gasteiger partial charge in [0.05, 0.1) is 17.6 Å². The van der Waals surface area contributed by atoms with Gasteiger partial charge in [0, 0.05) is 6.20 Å². The molecule has 122 valence electrons. The molecule has 2 aromatic heterocycles. The van der Waals surface area contributed by atoms with Crippen LogP contribution in [0.15, 0.2) is 12.5 Å². The zero-order chi connectivity index (χ0) is 16.8. The third kappa shape index (κ3) is 2.14. The number of hydrogen-bond acceptors (Lipinski definition) is 9. The quantitative estimate of drug-likeness (QED) is 0.452. The number of aromatic nitrogens is 3. The van der Waals surface area contributed by atoms with Crippen molar-refractivity contribution in [1.29, 1.82) is 5.26 Å². The summed E-state index contributed by atoms with van der Waals surface area (Å²) in [5, 5.41) is 48.6. The molecule has 0 unspecified atom stereocenters. The summed E-state index contributed by atoms with van der Waals surface area (Å²) < 4.78 is 6.89. The van der Waals surface area contributed by atoms with Gasteiger partial charge in [0.2, 0.25) is 0 Å². The Morgan fingerprint density at radius 3 is 2.83 bits per heavy atom. The predicted molar refractivity (Wildman–Crippen MR) is 75.3 cm³/mol. The van der Waals surface area contributed by atoms with Crippen molar-refractivity contribution in [2.75, 3.05) is 12.1 Å². The Labute approximate surface area is 130 Å². The summed E-state index contributed by atoms with van der Waals surface area (Å²) in [5.41, 5.74) is 0.549. The molecule has 1 saturated heterocycles. The number of fused-ring (bicyclic) bond motifs is 1. The zero-order valence-corrected chi connectivity index (χ0v) is 12.1. The number of hydrogen-bond donors (Lipinski definition) is 5. The molecule has 10 nitrogen and oxygen atoms in total. The first-order chi connectivity index (χ1) is 11.0. The summed E-state index contributed by atoms with van der Waals surface area (Å²) in [7, 11) is 0. The largest absolute Gasteiger partial charge is 0.394 e. The Balaban J connectivity index is 2.20. The van der Waals surface area contributed by atoms with E-state index in [4.69, 9.17) is 9.94 Å². The molecule has 0 bridgehead atoms. The number of anilines is 1. The van der Waals surface area contributed by atoms with E-state index in [1.165, 1.54) is 24.0 Å². The standard InChI is InChI=1S/C13H15N5O5/c1-13(21)9(20)7(4-19)23-12(13)18-3-6(2-14)8-10(17-22)15-5-16-11(8)18/h3,5,7,9,12,19-22H,4H2,1H3,(H,15,16,17)/t7-,9-,12-,13-/m1/s1. The van der Waals surface area contributed by atoms with Crippen LogP contribution in [0.25, 0.3) is 11.0 Å². The van der Waals surface area contributed by atoms with E-state index < -0.39 is 30.6 Å². The minimum Gasteiger partial charge on any atom is -0.394 e. The Kier molecular flexibility index (Phi) is 3.67. The van der Waals surface area contributed by atoms with Crippen LogP contribution in [0.4, 0.5) is 5.82 Å². The summed E-state index contributed by atoms with van der Waals surface area (Å²) >= 11 is 0. The van der Waals surface area contributed by atoms with Crippen LogP contribution in [0, 0.1) is 11.3 Å². The number of aliphatic hydroxyl groups is 3. The third-order valence-electron chi connectivity index (χ3n) is 4.02. The number of ether oxygens (including phenoxy) is 1. The van der Waals surface area contributed by atoms with Crippen molar-refractivity contribution < 1.29 is 25.3 Å². The lowest BCUT2D eigenvalue weighted by molar-refractivity contribution is -0.0948. The highest BCUT2D eigenvalue weighted by Crippen LogP contribution is 2.40. The van der Waals surface area contributed by atoms with Crippen molar-refractivity contribution in [3.05, 3.63) is 18.1 Å². The van der Waals surface area contributed by atoms with Crippen molar-refractivity contribution in [2.24, 2.45) is 0 Å².